The number of ether oxygens (including phenoxy) is 2. The van der Waals surface area contributed by atoms with Crippen molar-refractivity contribution in [1.29, 1.82) is 0 Å². The Kier molecular flexibility index (Phi) is 39.4. The Balaban J connectivity index is 4.43. The Morgan fingerprint density at radius 3 is 1.39 bits per heavy atom. The zero-order valence-electron chi connectivity index (χ0n) is 37.6. The molecular weight excluding hydrogens is 758 g/mol. The van der Waals surface area contributed by atoms with Gasteiger partial charge in [0.2, 0.25) is 0 Å². The van der Waals surface area contributed by atoms with Gasteiger partial charge in [-0.3, -0.25) is 9.36 Å². The molecule has 0 aliphatic rings. The minimum atomic E-state index is -4.56. The summed E-state index contributed by atoms with van der Waals surface area (Å²) in [4.78, 5) is 25.0. The fourth-order valence-electron chi connectivity index (χ4n) is 5.15. The lowest BCUT2D eigenvalue weighted by molar-refractivity contribution is -0.870. The molecule has 0 bridgehead atoms. The van der Waals surface area contributed by atoms with Crippen LogP contribution in [0.25, 0.3) is 0 Å². The largest absolute Gasteiger partial charge is 0.756 e. The second-order valence-corrected chi connectivity index (χ2v) is 16.7. The number of phosphoric acid groups is 1. The van der Waals surface area contributed by atoms with Gasteiger partial charge >= 0.3 is 5.97 Å². The molecule has 0 N–H and O–H groups in total. The maximum Gasteiger partial charge on any atom is 0.306 e. The van der Waals surface area contributed by atoms with Crippen LogP contribution in [0.5, 0.6) is 0 Å². The van der Waals surface area contributed by atoms with Crippen LogP contribution in [0.3, 0.4) is 0 Å². The van der Waals surface area contributed by atoms with Gasteiger partial charge < -0.3 is 27.9 Å². The van der Waals surface area contributed by atoms with Crippen LogP contribution in [0.15, 0.2) is 122 Å². The summed E-state index contributed by atoms with van der Waals surface area (Å²) >= 11 is 0. The van der Waals surface area contributed by atoms with Crippen molar-refractivity contribution in [2.24, 2.45) is 0 Å². The van der Waals surface area contributed by atoms with Crippen LogP contribution in [0, 0.1) is 0 Å². The molecule has 334 valence electrons. The SMILES string of the molecule is CC/C=C\C/C=C\C/C=C\C/C=C\C/C=C\C/C=C\CCC(=O)OC(COCCCCCCC/C=C\C/C=C\C/C=C\C/C=C\CC)COP(=O)([O-])OCC[N+](C)(C)C. The van der Waals surface area contributed by atoms with E-state index in [4.69, 9.17) is 18.5 Å². The maximum absolute atomic E-state index is 12.7. The van der Waals surface area contributed by atoms with Gasteiger partial charge in [0.05, 0.1) is 34.4 Å². The molecule has 0 radical (unpaired) electrons. The van der Waals surface area contributed by atoms with Crippen LogP contribution in [-0.4, -0.2) is 70.7 Å². The summed E-state index contributed by atoms with van der Waals surface area (Å²) in [7, 11) is 1.27. The first kappa shape index (κ1) is 55.9. The molecule has 0 rings (SSSR count). The lowest BCUT2D eigenvalue weighted by Crippen LogP contribution is -2.37. The van der Waals surface area contributed by atoms with E-state index in [0.717, 1.165) is 103 Å². The number of quaternary nitrogens is 1. The van der Waals surface area contributed by atoms with Crippen molar-refractivity contribution >= 4 is 13.8 Å². The van der Waals surface area contributed by atoms with Crippen LogP contribution in [0.2, 0.25) is 0 Å². The molecule has 2 unspecified atom stereocenters. The van der Waals surface area contributed by atoms with E-state index in [1.807, 2.05) is 33.3 Å². The third-order valence-electron chi connectivity index (χ3n) is 8.52. The topological polar surface area (TPSA) is 94.1 Å². The molecule has 2 atom stereocenters. The number of hydrogen-bond donors (Lipinski definition) is 0. The second-order valence-electron chi connectivity index (χ2n) is 15.3. The monoisotopic (exact) mass is 840 g/mol. The van der Waals surface area contributed by atoms with E-state index >= 15 is 0 Å². The first-order valence-electron chi connectivity index (χ1n) is 22.3. The molecule has 8 nitrogen and oxygen atoms in total. The van der Waals surface area contributed by atoms with Crippen molar-refractivity contribution in [2.75, 3.05) is 54.1 Å². The van der Waals surface area contributed by atoms with E-state index in [-0.39, 0.29) is 26.2 Å². The highest BCUT2D eigenvalue weighted by molar-refractivity contribution is 7.45. The minimum absolute atomic E-state index is 0.000626. The smallest absolute Gasteiger partial charge is 0.306 e. The summed E-state index contributed by atoms with van der Waals surface area (Å²) in [6.45, 7) is 4.99. The van der Waals surface area contributed by atoms with Crippen molar-refractivity contribution in [2.45, 2.75) is 136 Å². The summed E-state index contributed by atoms with van der Waals surface area (Å²) in [6.07, 6.45) is 59.5. The van der Waals surface area contributed by atoms with Gasteiger partial charge in [0.25, 0.3) is 7.82 Å². The Labute approximate surface area is 361 Å². The molecule has 0 amide bonds. The van der Waals surface area contributed by atoms with Crippen molar-refractivity contribution in [3.63, 3.8) is 0 Å². The van der Waals surface area contributed by atoms with Gasteiger partial charge in [0.1, 0.15) is 19.3 Å². The lowest BCUT2D eigenvalue weighted by atomic mass is 10.1. The molecule has 0 heterocycles. The number of likely N-dealkylation sites (N-methyl/N-ethyl adjacent to an activating group) is 1. The van der Waals surface area contributed by atoms with Gasteiger partial charge in [0, 0.05) is 13.0 Å². The van der Waals surface area contributed by atoms with E-state index in [2.05, 4.69) is 123 Å². The van der Waals surface area contributed by atoms with E-state index in [1.54, 1.807) is 0 Å². The molecule has 9 heteroatoms. The van der Waals surface area contributed by atoms with Crippen molar-refractivity contribution in [3.05, 3.63) is 122 Å². The second kappa shape index (κ2) is 41.6. The van der Waals surface area contributed by atoms with E-state index in [0.29, 0.717) is 24.1 Å². The normalized spacial score (nSPS) is 14.9. The molecule has 0 aromatic heterocycles. The predicted octanol–water partition coefficient (Wildman–Crippen LogP) is 12.7. The van der Waals surface area contributed by atoms with Crippen molar-refractivity contribution in [3.8, 4) is 0 Å². The summed E-state index contributed by atoms with van der Waals surface area (Å²) < 4.78 is 34.5. The molecule has 0 saturated carbocycles. The number of unbranched alkanes of at least 4 members (excludes halogenated alkanes) is 5. The number of allylic oxidation sites excluding steroid dienone is 20. The van der Waals surface area contributed by atoms with Crippen molar-refractivity contribution < 1.29 is 37.3 Å². The predicted molar refractivity (Wildman–Crippen MR) is 249 cm³/mol. The average molecular weight is 840 g/mol. The number of nitrogens with zero attached hydrogens (tertiary/aromatic N) is 1. The number of phosphoric ester groups is 1. The van der Waals surface area contributed by atoms with Crippen LogP contribution in [-0.2, 0) is 27.9 Å². The molecule has 0 spiro atoms. The third-order valence-corrected chi connectivity index (χ3v) is 9.49. The summed E-state index contributed by atoms with van der Waals surface area (Å²) in [5, 5.41) is 0. The van der Waals surface area contributed by atoms with Crippen LogP contribution >= 0.6 is 7.82 Å². The number of rotatable bonds is 39. The summed E-state index contributed by atoms with van der Waals surface area (Å²) in [6, 6.07) is 0. The Bertz CT molecular complexity index is 1350. The lowest BCUT2D eigenvalue weighted by Gasteiger charge is -2.28. The van der Waals surface area contributed by atoms with E-state index < -0.39 is 19.9 Å². The van der Waals surface area contributed by atoms with Gasteiger partial charge in [-0.15, -0.1) is 0 Å². The van der Waals surface area contributed by atoms with Gasteiger partial charge in [-0.25, -0.2) is 0 Å². The highest BCUT2D eigenvalue weighted by atomic mass is 31.2. The fraction of sp³-hybridized carbons (Fsp3) is 0.580. The zero-order valence-corrected chi connectivity index (χ0v) is 38.5. The van der Waals surface area contributed by atoms with Gasteiger partial charge in [-0.2, -0.15) is 0 Å². The van der Waals surface area contributed by atoms with E-state index in [9.17, 15) is 14.3 Å². The van der Waals surface area contributed by atoms with Crippen LogP contribution < -0.4 is 4.89 Å². The minimum Gasteiger partial charge on any atom is -0.756 e. The first-order valence-corrected chi connectivity index (χ1v) is 23.7. The zero-order chi connectivity index (χ0) is 43.4. The summed E-state index contributed by atoms with van der Waals surface area (Å²) in [5.41, 5.74) is 0. The molecular formula is C50H82NO7P. The molecule has 0 aromatic rings. The molecule has 0 aromatic carbocycles. The number of carbonyl (C=O) groups is 1. The molecule has 0 fully saturated rings. The molecule has 59 heavy (non-hydrogen) atoms. The van der Waals surface area contributed by atoms with Gasteiger partial charge in [0.15, 0.2) is 0 Å². The standard InChI is InChI=1S/C50H82NO7P/c1-6-8-10-12-14-16-18-20-22-24-26-27-29-31-33-35-37-39-41-43-50(52)58-49(48-57-59(53,54)56-46-44-51(3,4)5)47-55-45-42-40-38-36-34-32-30-28-25-23-21-19-17-15-13-11-9-7-2/h8-11,14-17,20-23,26-28,30-31,33,37,39,49H,6-7,12-13,18-19,24-25,29,32,34-36,38,40-48H2,1-5H3/b10-8-,11-9-,16-14-,17-15-,22-20-,23-21-,27-26-,30-28-,33-31-,39-37-. The Hall–Kier alpha value is -3.10. The Morgan fingerprint density at radius 1 is 0.525 bits per heavy atom. The maximum atomic E-state index is 12.7. The number of carbonyl (C=O) groups excluding carboxylic acids is 1. The van der Waals surface area contributed by atoms with Crippen molar-refractivity contribution in [1.82, 2.24) is 0 Å². The first-order chi connectivity index (χ1) is 28.6. The van der Waals surface area contributed by atoms with Crippen LogP contribution in [0.4, 0.5) is 0 Å². The quantitative estimate of drug-likeness (QED) is 0.0200. The highest BCUT2D eigenvalue weighted by Gasteiger charge is 2.20. The third kappa shape index (κ3) is 45.8. The van der Waals surface area contributed by atoms with Crippen LogP contribution in [0.1, 0.15) is 129 Å². The Morgan fingerprint density at radius 2 is 0.932 bits per heavy atom. The van der Waals surface area contributed by atoms with Gasteiger partial charge in [-0.05, 0) is 89.9 Å². The highest BCUT2D eigenvalue weighted by Crippen LogP contribution is 2.38. The van der Waals surface area contributed by atoms with E-state index in [1.165, 1.54) is 0 Å². The molecule has 0 aliphatic carbocycles. The summed E-state index contributed by atoms with van der Waals surface area (Å²) in [5.74, 6) is -0.429. The fourth-order valence-corrected chi connectivity index (χ4v) is 5.88. The average Bonchev–Trinajstić information content (AvgIpc) is 3.19. The molecule has 0 aliphatic heterocycles. The van der Waals surface area contributed by atoms with Gasteiger partial charge in [-0.1, -0.05) is 155 Å². The molecule has 0 saturated heterocycles. The number of hydrogen-bond acceptors (Lipinski definition) is 7. The number of esters is 1.